The molecule has 0 unspecified atom stereocenters. The fourth-order valence-corrected chi connectivity index (χ4v) is 3.72. The Morgan fingerprint density at radius 1 is 1.17 bits per heavy atom. The number of sulfone groups is 1. The number of amides is 1. The van der Waals surface area contributed by atoms with Gasteiger partial charge in [-0.3, -0.25) is 4.79 Å². The first-order valence-corrected chi connectivity index (χ1v) is 10.1. The fraction of sp³-hybridized carbons (Fsp3) is 0.462. The van der Waals surface area contributed by atoms with Gasteiger partial charge in [-0.15, -0.1) is 0 Å². The number of nitrogens with one attached hydrogen (secondary N) is 2. The van der Waals surface area contributed by atoms with E-state index in [0.717, 1.165) is 12.3 Å². The highest BCUT2D eigenvalue weighted by molar-refractivity contribution is 7.91. The van der Waals surface area contributed by atoms with Gasteiger partial charge in [0.2, 0.25) is 15.9 Å². The molecule has 1 aromatic rings. The molecule has 130 valence electrons. The Morgan fingerprint density at radius 2 is 1.83 bits per heavy atom. The van der Waals surface area contributed by atoms with Crippen molar-refractivity contribution in [3.8, 4) is 5.75 Å². The van der Waals surface area contributed by atoms with Crippen molar-refractivity contribution in [3.05, 3.63) is 18.2 Å². The number of sulfonamides is 1. The summed E-state index contributed by atoms with van der Waals surface area (Å²) >= 11 is 0. The maximum atomic E-state index is 12.3. The van der Waals surface area contributed by atoms with Gasteiger partial charge in [0.15, 0.2) is 9.84 Å². The molecule has 0 aliphatic heterocycles. The third-order valence-corrected chi connectivity index (χ3v) is 5.46. The van der Waals surface area contributed by atoms with Gasteiger partial charge in [-0.1, -0.05) is 0 Å². The van der Waals surface area contributed by atoms with Crippen LogP contribution in [0.3, 0.4) is 0 Å². The van der Waals surface area contributed by atoms with Gasteiger partial charge in [0.25, 0.3) is 0 Å². The topological polar surface area (TPSA) is 119 Å². The second-order valence-electron chi connectivity index (χ2n) is 4.82. The van der Waals surface area contributed by atoms with Crippen molar-refractivity contribution in [2.75, 3.05) is 26.5 Å². The number of benzene rings is 1. The lowest BCUT2D eigenvalue weighted by molar-refractivity contribution is -0.118. The van der Waals surface area contributed by atoms with Crippen LogP contribution in [0.1, 0.15) is 13.3 Å². The number of carbonyl (C=O) groups excluding carboxylic acids is 1. The molecule has 0 aromatic heterocycles. The second-order valence-corrected chi connectivity index (χ2v) is 8.57. The zero-order valence-electron chi connectivity index (χ0n) is 13.1. The molecule has 0 atom stereocenters. The van der Waals surface area contributed by atoms with Crippen LogP contribution in [-0.2, 0) is 24.7 Å². The van der Waals surface area contributed by atoms with E-state index < -0.39 is 19.9 Å². The Labute approximate surface area is 136 Å². The van der Waals surface area contributed by atoms with Crippen LogP contribution in [0.15, 0.2) is 28.0 Å². The molecule has 1 amide bonds. The molecule has 1 rings (SSSR count). The third kappa shape index (κ3) is 5.81. The van der Waals surface area contributed by atoms with Gasteiger partial charge in [0.1, 0.15) is 10.6 Å². The number of carbonyl (C=O) groups is 1. The summed E-state index contributed by atoms with van der Waals surface area (Å²) in [5.74, 6) is -0.151. The Balaban J connectivity index is 2.96. The number of hydrogen-bond donors (Lipinski definition) is 2. The molecule has 0 aliphatic carbocycles. The van der Waals surface area contributed by atoms with E-state index in [0.29, 0.717) is 13.0 Å². The second kappa shape index (κ2) is 7.75. The van der Waals surface area contributed by atoms with Crippen molar-refractivity contribution >= 4 is 25.8 Å². The summed E-state index contributed by atoms with van der Waals surface area (Å²) < 4.78 is 55.1. The van der Waals surface area contributed by atoms with Crippen LogP contribution < -0.4 is 14.8 Å². The molecule has 10 heteroatoms. The largest absolute Gasteiger partial charge is 0.495 e. The van der Waals surface area contributed by atoms with E-state index in [4.69, 9.17) is 4.74 Å². The van der Waals surface area contributed by atoms with Crippen molar-refractivity contribution in [2.45, 2.75) is 23.1 Å². The lowest BCUT2D eigenvalue weighted by atomic mass is 10.3. The van der Waals surface area contributed by atoms with Crippen molar-refractivity contribution in [3.63, 3.8) is 0 Å². The zero-order chi connectivity index (χ0) is 17.7. The van der Waals surface area contributed by atoms with Crippen molar-refractivity contribution in [2.24, 2.45) is 0 Å². The summed E-state index contributed by atoms with van der Waals surface area (Å²) in [6.07, 6.45) is 1.39. The molecule has 1 aromatic carbocycles. The van der Waals surface area contributed by atoms with E-state index in [2.05, 4.69) is 10.0 Å². The number of rotatable bonds is 8. The Kier molecular flexibility index (Phi) is 6.54. The number of methoxy groups -OCH3 is 1. The average Bonchev–Trinajstić information content (AvgIpc) is 2.44. The SMILES string of the molecule is COc1ccc(S(C)(=O)=O)cc1S(=O)(=O)NCCCNC(C)=O. The molecular formula is C13H20N2O6S2. The molecule has 23 heavy (non-hydrogen) atoms. The molecule has 0 heterocycles. The van der Waals surface area contributed by atoms with Crippen LogP contribution >= 0.6 is 0 Å². The molecule has 0 bridgehead atoms. The predicted molar refractivity (Wildman–Crippen MR) is 84.6 cm³/mol. The van der Waals surface area contributed by atoms with Gasteiger partial charge in [0.05, 0.1) is 12.0 Å². The Hall–Kier alpha value is -1.65. The van der Waals surface area contributed by atoms with Crippen LogP contribution in [0.5, 0.6) is 5.75 Å². The maximum absolute atomic E-state index is 12.3. The fourth-order valence-electron chi connectivity index (χ4n) is 1.73. The van der Waals surface area contributed by atoms with E-state index in [1.165, 1.54) is 26.2 Å². The summed E-state index contributed by atoms with van der Waals surface area (Å²) in [5.41, 5.74) is 0. The summed E-state index contributed by atoms with van der Waals surface area (Å²) in [6.45, 7) is 1.79. The number of hydrogen-bond acceptors (Lipinski definition) is 6. The van der Waals surface area contributed by atoms with Crippen LogP contribution in [0.25, 0.3) is 0 Å². The van der Waals surface area contributed by atoms with Gasteiger partial charge in [-0.05, 0) is 24.6 Å². The minimum atomic E-state index is -3.94. The lowest BCUT2D eigenvalue weighted by Crippen LogP contribution is -2.29. The first-order chi connectivity index (χ1) is 10.6. The molecule has 2 N–H and O–H groups in total. The van der Waals surface area contributed by atoms with E-state index in [1.54, 1.807) is 0 Å². The zero-order valence-corrected chi connectivity index (χ0v) is 14.8. The predicted octanol–water partition coefficient (Wildman–Crippen LogP) is -0.0968. The van der Waals surface area contributed by atoms with Gasteiger partial charge in [0, 0.05) is 26.3 Å². The minimum absolute atomic E-state index is 0.0479. The maximum Gasteiger partial charge on any atom is 0.244 e. The first-order valence-electron chi connectivity index (χ1n) is 6.70. The van der Waals surface area contributed by atoms with Gasteiger partial charge in [-0.25, -0.2) is 21.6 Å². The summed E-state index contributed by atoms with van der Waals surface area (Å²) in [5, 5.41) is 2.55. The average molecular weight is 364 g/mol. The normalized spacial score (nSPS) is 12.0. The molecule has 8 nitrogen and oxygen atoms in total. The van der Waals surface area contributed by atoms with E-state index in [-0.39, 0.29) is 28.0 Å². The van der Waals surface area contributed by atoms with Gasteiger partial charge in [-0.2, -0.15) is 0 Å². The molecule has 0 saturated heterocycles. The number of ether oxygens (including phenoxy) is 1. The summed E-state index contributed by atoms with van der Waals surface area (Å²) in [4.78, 5) is 10.4. The molecule has 0 radical (unpaired) electrons. The minimum Gasteiger partial charge on any atom is -0.495 e. The molecule has 0 fully saturated rings. The van der Waals surface area contributed by atoms with Gasteiger partial charge >= 0.3 is 0 Å². The van der Waals surface area contributed by atoms with E-state index in [1.807, 2.05) is 0 Å². The summed E-state index contributed by atoms with van der Waals surface area (Å²) in [6, 6.07) is 3.64. The third-order valence-electron chi connectivity index (χ3n) is 2.87. The van der Waals surface area contributed by atoms with E-state index >= 15 is 0 Å². The summed E-state index contributed by atoms with van der Waals surface area (Å²) in [7, 11) is -6.19. The van der Waals surface area contributed by atoms with Crippen LogP contribution in [0.2, 0.25) is 0 Å². The van der Waals surface area contributed by atoms with Crippen LogP contribution in [-0.4, -0.2) is 49.2 Å². The first kappa shape index (κ1) is 19.4. The lowest BCUT2D eigenvalue weighted by Gasteiger charge is -2.12. The highest BCUT2D eigenvalue weighted by Gasteiger charge is 2.22. The van der Waals surface area contributed by atoms with Crippen molar-refractivity contribution in [1.29, 1.82) is 0 Å². The van der Waals surface area contributed by atoms with Crippen LogP contribution in [0.4, 0.5) is 0 Å². The smallest absolute Gasteiger partial charge is 0.244 e. The Morgan fingerprint density at radius 3 is 2.35 bits per heavy atom. The Bertz CT molecular complexity index is 772. The van der Waals surface area contributed by atoms with Crippen molar-refractivity contribution in [1.82, 2.24) is 10.0 Å². The van der Waals surface area contributed by atoms with E-state index in [9.17, 15) is 21.6 Å². The highest BCUT2D eigenvalue weighted by atomic mass is 32.2. The molecule has 0 aliphatic rings. The molecule has 0 saturated carbocycles. The molecular weight excluding hydrogens is 344 g/mol. The van der Waals surface area contributed by atoms with Crippen molar-refractivity contribution < 1.29 is 26.4 Å². The molecule has 0 spiro atoms. The van der Waals surface area contributed by atoms with Gasteiger partial charge < -0.3 is 10.1 Å². The van der Waals surface area contributed by atoms with Crippen LogP contribution in [0, 0.1) is 0 Å². The quantitative estimate of drug-likeness (QED) is 0.622. The monoisotopic (exact) mass is 364 g/mol. The standard InChI is InChI=1S/C13H20N2O6S2/c1-10(16)14-7-4-8-15-23(19,20)13-9-11(22(3,17)18)5-6-12(13)21-2/h5-6,9,15H,4,7-8H2,1-3H3,(H,14,16). The highest BCUT2D eigenvalue weighted by Crippen LogP contribution is 2.26.